The molecule has 2 aromatic carbocycles. The van der Waals surface area contributed by atoms with Crippen molar-refractivity contribution in [2.45, 2.75) is 26.7 Å². The van der Waals surface area contributed by atoms with Crippen molar-refractivity contribution >= 4 is 22.6 Å². The van der Waals surface area contributed by atoms with Crippen molar-refractivity contribution in [1.29, 1.82) is 0 Å². The maximum absolute atomic E-state index is 13.1. The molecule has 0 saturated heterocycles. The normalized spacial score (nSPS) is 10.9. The second-order valence-electron chi connectivity index (χ2n) is 7.64. The van der Waals surface area contributed by atoms with E-state index in [4.69, 9.17) is 0 Å². The van der Waals surface area contributed by atoms with Gasteiger partial charge in [-0.25, -0.2) is 4.98 Å². The number of unbranched alkanes of at least 4 members (excludes halogenated alkanes) is 1. The van der Waals surface area contributed by atoms with Gasteiger partial charge in [-0.1, -0.05) is 55.3 Å². The number of H-pyrrole nitrogens is 1. The fourth-order valence-corrected chi connectivity index (χ4v) is 3.53. The van der Waals surface area contributed by atoms with E-state index in [1.54, 1.807) is 18.2 Å². The zero-order valence-corrected chi connectivity index (χ0v) is 17.9. The average molecular weight is 429 g/mol. The van der Waals surface area contributed by atoms with Crippen molar-refractivity contribution < 1.29 is 9.72 Å². The highest BCUT2D eigenvalue weighted by atomic mass is 16.6. The van der Waals surface area contributed by atoms with Crippen LogP contribution in [0.15, 0.2) is 54.6 Å². The highest BCUT2D eigenvalue weighted by molar-refractivity contribution is 6.11. The number of carbonyl (C=O) groups is 1. The van der Waals surface area contributed by atoms with Crippen LogP contribution in [0.2, 0.25) is 0 Å². The number of fused-ring (bicyclic) bond motifs is 1. The van der Waals surface area contributed by atoms with Gasteiger partial charge in [0, 0.05) is 29.8 Å². The Morgan fingerprint density at radius 2 is 1.91 bits per heavy atom. The molecule has 8 nitrogen and oxygen atoms in total. The molecule has 0 bridgehead atoms. The number of hydrogen-bond donors (Lipinski definition) is 2. The van der Waals surface area contributed by atoms with Crippen LogP contribution in [0.3, 0.4) is 0 Å². The van der Waals surface area contributed by atoms with E-state index in [0.29, 0.717) is 40.1 Å². The first kappa shape index (κ1) is 21.2. The number of non-ortho nitro benzene ring substituents is 1. The maximum atomic E-state index is 13.1. The fourth-order valence-electron chi connectivity index (χ4n) is 3.53. The summed E-state index contributed by atoms with van der Waals surface area (Å²) in [6.45, 7) is 4.62. The van der Waals surface area contributed by atoms with Crippen LogP contribution in [0.1, 0.15) is 35.7 Å². The van der Waals surface area contributed by atoms with Gasteiger partial charge in [0.2, 0.25) is 0 Å². The molecular formula is C24H23N5O3. The topological polar surface area (TPSA) is 114 Å². The summed E-state index contributed by atoms with van der Waals surface area (Å²) in [6, 6.07) is 15.9. The number of pyridine rings is 1. The van der Waals surface area contributed by atoms with Gasteiger partial charge in [-0.05, 0) is 19.4 Å². The van der Waals surface area contributed by atoms with Crippen LogP contribution in [-0.2, 0) is 0 Å². The number of aryl methyl sites for hydroxylation is 1. The molecule has 0 aliphatic carbocycles. The molecular weight excluding hydrogens is 406 g/mol. The highest BCUT2D eigenvalue weighted by Gasteiger charge is 2.21. The van der Waals surface area contributed by atoms with Gasteiger partial charge in [-0.3, -0.25) is 20.0 Å². The van der Waals surface area contributed by atoms with Crippen molar-refractivity contribution in [1.82, 2.24) is 20.5 Å². The molecule has 0 aliphatic heterocycles. The summed E-state index contributed by atoms with van der Waals surface area (Å²) in [7, 11) is 0. The van der Waals surface area contributed by atoms with E-state index in [1.165, 1.54) is 12.1 Å². The molecule has 0 saturated carbocycles. The zero-order valence-electron chi connectivity index (χ0n) is 17.9. The molecule has 0 atom stereocenters. The predicted octanol–water partition coefficient (Wildman–Crippen LogP) is 5.04. The Balaban J connectivity index is 1.88. The molecule has 162 valence electrons. The van der Waals surface area contributed by atoms with E-state index in [-0.39, 0.29) is 11.6 Å². The summed E-state index contributed by atoms with van der Waals surface area (Å²) in [5, 5.41) is 22.0. The number of amides is 1. The van der Waals surface area contributed by atoms with E-state index < -0.39 is 4.92 Å². The van der Waals surface area contributed by atoms with Gasteiger partial charge in [-0.15, -0.1) is 0 Å². The minimum Gasteiger partial charge on any atom is -0.352 e. The van der Waals surface area contributed by atoms with Gasteiger partial charge < -0.3 is 5.32 Å². The van der Waals surface area contributed by atoms with Gasteiger partial charge in [0.25, 0.3) is 11.6 Å². The Labute approximate surface area is 184 Å². The van der Waals surface area contributed by atoms with E-state index in [1.807, 2.05) is 31.2 Å². The highest BCUT2D eigenvalue weighted by Crippen LogP contribution is 2.32. The molecule has 0 spiro atoms. The van der Waals surface area contributed by atoms with Crippen molar-refractivity contribution in [3.8, 4) is 22.5 Å². The van der Waals surface area contributed by atoms with E-state index in [0.717, 1.165) is 24.0 Å². The molecule has 1 amide bonds. The molecule has 0 radical (unpaired) electrons. The minimum atomic E-state index is -0.450. The number of carbonyl (C=O) groups excluding carboxylic acids is 1. The van der Waals surface area contributed by atoms with Crippen LogP contribution >= 0.6 is 0 Å². The number of nitrogens with one attached hydrogen (secondary N) is 2. The lowest BCUT2D eigenvalue weighted by Crippen LogP contribution is -2.24. The van der Waals surface area contributed by atoms with Crippen LogP contribution in [0, 0.1) is 17.0 Å². The average Bonchev–Trinajstić information content (AvgIpc) is 3.23. The Morgan fingerprint density at radius 1 is 1.12 bits per heavy atom. The number of nitrogens with zero attached hydrogens (tertiary/aromatic N) is 3. The molecule has 8 heteroatoms. The maximum Gasteiger partial charge on any atom is 0.270 e. The molecule has 0 unspecified atom stereocenters. The Kier molecular flexibility index (Phi) is 5.93. The quantitative estimate of drug-likeness (QED) is 0.243. The second-order valence-corrected chi connectivity index (χ2v) is 7.64. The van der Waals surface area contributed by atoms with Gasteiger partial charge in [0.1, 0.15) is 0 Å². The van der Waals surface area contributed by atoms with Crippen molar-refractivity contribution in [3.63, 3.8) is 0 Å². The van der Waals surface area contributed by atoms with Crippen molar-refractivity contribution in [2.24, 2.45) is 0 Å². The van der Waals surface area contributed by atoms with Crippen LogP contribution in [0.4, 0.5) is 5.69 Å². The first-order valence-corrected chi connectivity index (χ1v) is 10.5. The number of nitro groups is 1. The molecule has 0 fully saturated rings. The van der Waals surface area contributed by atoms with Gasteiger partial charge >= 0.3 is 0 Å². The molecule has 2 aromatic heterocycles. The van der Waals surface area contributed by atoms with Crippen LogP contribution in [-0.4, -0.2) is 32.6 Å². The monoisotopic (exact) mass is 429 g/mol. The third kappa shape index (κ3) is 4.20. The van der Waals surface area contributed by atoms with E-state index >= 15 is 0 Å². The molecule has 0 aliphatic rings. The third-order valence-corrected chi connectivity index (χ3v) is 5.28. The number of aromatic amines is 1. The number of hydrogen-bond acceptors (Lipinski definition) is 5. The summed E-state index contributed by atoms with van der Waals surface area (Å²) in [5.41, 5.74) is 4.49. The second kappa shape index (κ2) is 8.97. The van der Waals surface area contributed by atoms with E-state index in [2.05, 4.69) is 27.4 Å². The fraction of sp³-hybridized carbons (Fsp3) is 0.208. The lowest BCUT2D eigenvalue weighted by atomic mass is 10.0. The molecule has 2 N–H and O–H groups in total. The molecule has 32 heavy (non-hydrogen) atoms. The Bertz CT molecular complexity index is 1290. The van der Waals surface area contributed by atoms with Gasteiger partial charge in [-0.2, -0.15) is 5.10 Å². The first-order valence-electron chi connectivity index (χ1n) is 10.5. The molecule has 2 heterocycles. The third-order valence-electron chi connectivity index (χ3n) is 5.28. The number of nitro benzene ring substituents is 1. The number of rotatable bonds is 7. The standard InChI is InChI=1S/C24H23N5O3/c1-3-4-12-25-24(30)19-14-20(16-10-8-15(2)9-11-16)26-23-21(19)22(27-28-23)17-6-5-7-18(13-17)29(31)32/h5-11,13-14H,3-4,12H2,1-2H3,(H,25,30)(H,26,27,28). The van der Waals surface area contributed by atoms with Crippen LogP contribution < -0.4 is 5.32 Å². The lowest BCUT2D eigenvalue weighted by Gasteiger charge is -2.10. The summed E-state index contributed by atoms with van der Waals surface area (Å²) in [4.78, 5) is 28.6. The van der Waals surface area contributed by atoms with Gasteiger partial charge in [0.05, 0.1) is 27.3 Å². The van der Waals surface area contributed by atoms with Crippen molar-refractivity contribution in [3.05, 3.63) is 75.8 Å². The number of benzene rings is 2. The van der Waals surface area contributed by atoms with E-state index in [9.17, 15) is 14.9 Å². The first-order chi connectivity index (χ1) is 15.5. The predicted molar refractivity (Wildman–Crippen MR) is 123 cm³/mol. The van der Waals surface area contributed by atoms with Gasteiger partial charge in [0.15, 0.2) is 5.65 Å². The Morgan fingerprint density at radius 3 is 2.62 bits per heavy atom. The zero-order chi connectivity index (χ0) is 22.7. The van der Waals surface area contributed by atoms with Crippen LogP contribution in [0.25, 0.3) is 33.5 Å². The summed E-state index contributed by atoms with van der Waals surface area (Å²) < 4.78 is 0. The minimum absolute atomic E-state index is 0.0385. The summed E-state index contributed by atoms with van der Waals surface area (Å²) in [5.74, 6) is -0.229. The molecule has 4 rings (SSSR count). The summed E-state index contributed by atoms with van der Waals surface area (Å²) >= 11 is 0. The lowest BCUT2D eigenvalue weighted by molar-refractivity contribution is -0.384. The van der Waals surface area contributed by atoms with Crippen LogP contribution in [0.5, 0.6) is 0 Å². The Hall–Kier alpha value is -4.07. The SMILES string of the molecule is CCCCNC(=O)c1cc(-c2ccc(C)cc2)nc2n[nH]c(-c3cccc([N+](=O)[O-])c3)c12. The number of aromatic nitrogens is 3. The smallest absolute Gasteiger partial charge is 0.270 e. The summed E-state index contributed by atoms with van der Waals surface area (Å²) in [6.07, 6.45) is 1.83. The van der Waals surface area contributed by atoms with Crippen molar-refractivity contribution in [2.75, 3.05) is 6.54 Å². The molecule has 4 aromatic rings. The largest absolute Gasteiger partial charge is 0.352 e.